The average Bonchev–Trinajstić information content (AvgIpc) is 2.81. The number of ether oxygens (including phenoxy) is 1. The summed E-state index contributed by atoms with van der Waals surface area (Å²) in [6.07, 6.45) is 0.970. The highest BCUT2D eigenvalue weighted by molar-refractivity contribution is 5.34. The van der Waals surface area contributed by atoms with Gasteiger partial charge in [0.1, 0.15) is 5.82 Å². The van der Waals surface area contributed by atoms with Crippen LogP contribution < -0.4 is 11.1 Å². The van der Waals surface area contributed by atoms with Crippen molar-refractivity contribution in [2.45, 2.75) is 19.4 Å². The molecule has 0 bridgehead atoms. The summed E-state index contributed by atoms with van der Waals surface area (Å²) in [6, 6.07) is 3.93. The Bertz CT molecular complexity index is 479. The highest BCUT2D eigenvalue weighted by atomic mass is 16.5. The molecule has 1 fully saturated rings. The number of nitrogens with two attached hydrogens (primary N) is 1. The maximum absolute atomic E-state index is 8.23. The summed E-state index contributed by atoms with van der Waals surface area (Å²) in [5, 5.41) is 6.80. The van der Waals surface area contributed by atoms with Crippen molar-refractivity contribution >= 4 is 5.82 Å². The Labute approximate surface area is 118 Å². The van der Waals surface area contributed by atoms with Crippen LogP contribution in [0.3, 0.4) is 0 Å². The summed E-state index contributed by atoms with van der Waals surface area (Å²) in [4.78, 5) is 7.08. The van der Waals surface area contributed by atoms with Gasteiger partial charge in [0, 0.05) is 36.2 Å². The molecule has 0 radical (unpaired) electrons. The van der Waals surface area contributed by atoms with E-state index in [9.17, 15) is 0 Å². The van der Waals surface area contributed by atoms with Gasteiger partial charge in [-0.1, -0.05) is 5.11 Å². The minimum Gasteiger partial charge on any atom is -0.384 e. The number of aryl methyl sites for hydroxylation is 1. The summed E-state index contributed by atoms with van der Waals surface area (Å²) in [7, 11) is 0. The van der Waals surface area contributed by atoms with E-state index < -0.39 is 0 Å². The largest absolute Gasteiger partial charge is 0.384 e. The molecule has 0 aliphatic carbocycles. The molecule has 3 N–H and O–H groups in total. The number of nitrogens with zero attached hydrogens (tertiary/aromatic N) is 4. The minimum absolute atomic E-state index is 0.132. The lowest BCUT2D eigenvalue weighted by molar-refractivity contribution is 0.0429. The number of pyridine rings is 1. The minimum atomic E-state index is 0.132. The second-order valence-electron chi connectivity index (χ2n) is 5.05. The van der Waals surface area contributed by atoms with Gasteiger partial charge in [0.05, 0.1) is 12.7 Å². The predicted octanol–water partition coefficient (Wildman–Crippen LogP) is 1.43. The average molecular weight is 276 g/mol. The maximum atomic E-state index is 8.23. The summed E-state index contributed by atoms with van der Waals surface area (Å²) in [5.74, 6) is 0.932. The van der Waals surface area contributed by atoms with Crippen LogP contribution in [0, 0.1) is 12.8 Å². The molecule has 20 heavy (non-hydrogen) atoms. The van der Waals surface area contributed by atoms with Crippen molar-refractivity contribution < 1.29 is 4.74 Å². The lowest BCUT2D eigenvalue weighted by Crippen LogP contribution is -2.25. The van der Waals surface area contributed by atoms with Crippen LogP contribution in [0.4, 0.5) is 5.82 Å². The zero-order chi connectivity index (χ0) is 14.4. The summed E-state index contributed by atoms with van der Waals surface area (Å²) in [5.41, 5.74) is 16.1. The molecule has 2 heterocycles. The second-order valence-corrected chi connectivity index (χ2v) is 5.05. The molecule has 0 aromatic carbocycles. The van der Waals surface area contributed by atoms with E-state index in [1.807, 2.05) is 13.0 Å². The Morgan fingerprint density at radius 3 is 3.15 bits per heavy atom. The van der Waals surface area contributed by atoms with Gasteiger partial charge in [-0.25, -0.2) is 4.98 Å². The van der Waals surface area contributed by atoms with Crippen LogP contribution in [-0.4, -0.2) is 37.3 Å². The first-order valence-corrected chi connectivity index (χ1v) is 6.75. The molecule has 2 rings (SSSR count). The molecule has 0 saturated carbocycles. The Morgan fingerprint density at radius 2 is 2.40 bits per heavy atom. The van der Waals surface area contributed by atoms with Crippen LogP contribution in [0.2, 0.25) is 0 Å². The molecule has 1 aliphatic rings. The van der Waals surface area contributed by atoms with E-state index in [4.69, 9.17) is 16.0 Å². The molecular weight excluding hydrogens is 256 g/mol. The van der Waals surface area contributed by atoms with Crippen molar-refractivity contribution in [3.63, 3.8) is 0 Å². The number of nitrogens with one attached hydrogen (secondary N) is 1. The second kappa shape index (κ2) is 7.09. The van der Waals surface area contributed by atoms with Gasteiger partial charge < -0.3 is 15.8 Å². The lowest BCUT2D eigenvalue weighted by Gasteiger charge is -2.18. The molecule has 1 aliphatic heterocycles. The quantitative estimate of drug-likeness (QED) is 0.354. The number of aromatic nitrogens is 1. The predicted molar refractivity (Wildman–Crippen MR) is 77.2 cm³/mol. The van der Waals surface area contributed by atoms with E-state index >= 15 is 0 Å². The van der Waals surface area contributed by atoms with Crippen molar-refractivity contribution in [2.24, 2.45) is 11.0 Å². The number of hydrogen-bond donors (Lipinski definition) is 2. The third-order valence-corrected chi connectivity index (χ3v) is 3.38. The Kier molecular flexibility index (Phi) is 5.17. The molecule has 0 amide bonds. The molecule has 7 nitrogen and oxygen atoms in total. The zero-order valence-electron chi connectivity index (χ0n) is 11.6. The lowest BCUT2D eigenvalue weighted by atomic mass is 9.99. The summed E-state index contributed by atoms with van der Waals surface area (Å²) >= 11 is 0. The van der Waals surface area contributed by atoms with E-state index in [1.54, 1.807) is 0 Å². The van der Waals surface area contributed by atoms with Gasteiger partial charge in [-0.15, -0.1) is 0 Å². The third-order valence-electron chi connectivity index (χ3n) is 3.38. The highest BCUT2D eigenvalue weighted by Crippen LogP contribution is 2.19. The number of azide groups is 1. The zero-order valence-corrected chi connectivity index (χ0v) is 11.6. The first kappa shape index (κ1) is 14.6. The molecule has 2 atom stereocenters. The Hall–Kier alpha value is -1.82. The van der Waals surface area contributed by atoms with E-state index in [2.05, 4.69) is 26.4 Å². The van der Waals surface area contributed by atoms with Crippen LogP contribution in [-0.2, 0) is 11.2 Å². The van der Waals surface area contributed by atoms with Crippen LogP contribution in [0.15, 0.2) is 17.2 Å². The Morgan fingerprint density at radius 1 is 1.55 bits per heavy atom. The fraction of sp³-hybridized carbons (Fsp3) is 0.615. The van der Waals surface area contributed by atoms with Crippen molar-refractivity contribution in [3.05, 3.63) is 33.8 Å². The fourth-order valence-electron chi connectivity index (χ4n) is 2.54. The molecule has 108 valence electrons. The molecule has 0 spiro atoms. The van der Waals surface area contributed by atoms with E-state index in [1.165, 1.54) is 0 Å². The molecular formula is C13H20N6O. The van der Waals surface area contributed by atoms with Crippen LogP contribution in [0.5, 0.6) is 0 Å². The monoisotopic (exact) mass is 276 g/mol. The molecule has 7 heteroatoms. The standard InChI is InChI=1S/C13H20N6O/c1-9-4-11(18-13(14)5-9)6-10-7-16-8-12(10)20-3-2-17-19-15/h4-5,10,12,16H,2-3,6-8H2,1H3,(H2,14,18)/t10-,12+/m1/s1. The topological polar surface area (TPSA) is 109 Å². The Balaban J connectivity index is 1.91. The van der Waals surface area contributed by atoms with Crippen molar-refractivity contribution in [1.29, 1.82) is 0 Å². The molecule has 0 unspecified atom stereocenters. The van der Waals surface area contributed by atoms with Gasteiger partial charge in [-0.2, -0.15) is 0 Å². The van der Waals surface area contributed by atoms with Gasteiger partial charge >= 0.3 is 0 Å². The number of hydrogen-bond acceptors (Lipinski definition) is 5. The molecule has 1 aromatic rings. The third kappa shape index (κ3) is 4.09. The number of anilines is 1. The van der Waals surface area contributed by atoms with E-state index in [0.717, 1.165) is 30.8 Å². The van der Waals surface area contributed by atoms with E-state index in [0.29, 0.717) is 24.9 Å². The van der Waals surface area contributed by atoms with Crippen molar-refractivity contribution in [3.8, 4) is 0 Å². The van der Waals surface area contributed by atoms with Gasteiger partial charge in [0.25, 0.3) is 0 Å². The highest BCUT2D eigenvalue weighted by Gasteiger charge is 2.28. The van der Waals surface area contributed by atoms with E-state index in [-0.39, 0.29) is 6.10 Å². The maximum Gasteiger partial charge on any atom is 0.123 e. The van der Waals surface area contributed by atoms with Crippen LogP contribution in [0.25, 0.3) is 10.4 Å². The van der Waals surface area contributed by atoms with Gasteiger partial charge in [0.15, 0.2) is 0 Å². The molecule has 1 saturated heterocycles. The van der Waals surface area contributed by atoms with Gasteiger partial charge in [-0.3, -0.25) is 0 Å². The van der Waals surface area contributed by atoms with Crippen molar-refractivity contribution in [2.75, 3.05) is 32.0 Å². The SMILES string of the molecule is Cc1cc(N)nc(C[C@@H]2CNC[C@@H]2OCCN=[N+]=[N-])c1. The first-order valence-electron chi connectivity index (χ1n) is 6.75. The summed E-state index contributed by atoms with van der Waals surface area (Å²) in [6.45, 7) is 4.57. The number of nitrogen functional groups attached to an aromatic ring is 1. The number of rotatable bonds is 6. The van der Waals surface area contributed by atoms with Crippen molar-refractivity contribution in [1.82, 2.24) is 10.3 Å². The first-order chi connectivity index (χ1) is 9.69. The normalized spacial score (nSPS) is 21.6. The van der Waals surface area contributed by atoms with Crippen LogP contribution in [0.1, 0.15) is 11.3 Å². The van der Waals surface area contributed by atoms with Gasteiger partial charge in [0.2, 0.25) is 0 Å². The summed E-state index contributed by atoms with van der Waals surface area (Å²) < 4.78 is 5.76. The van der Waals surface area contributed by atoms with Gasteiger partial charge in [-0.05, 0) is 36.6 Å². The molecule has 1 aromatic heterocycles. The fourth-order valence-corrected chi connectivity index (χ4v) is 2.54. The smallest absolute Gasteiger partial charge is 0.123 e. The van der Waals surface area contributed by atoms with Crippen LogP contribution >= 0.6 is 0 Å².